The van der Waals surface area contributed by atoms with Crippen LogP contribution in [-0.2, 0) is 22.5 Å². The predicted molar refractivity (Wildman–Crippen MR) is 138 cm³/mol. The van der Waals surface area contributed by atoms with Crippen molar-refractivity contribution in [3.63, 3.8) is 0 Å². The van der Waals surface area contributed by atoms with Crippen LogP contribution in [0.1, 0.15) is 48.0 Å². The number of carbonyl (C=O) groups excluding carboxylic acids is 3. The second kappa shape index (κ2) is 10.2. The fourth-order valence-corrected chi connectivity index (χ4v) is 4.02. The third-order valence-corrected chi connectivity index (χ3v) is 5.68. The van der Waals surface area contributed by atoms with Gasteiger partial charge in [0.25, 0.3) is 5.91 Å². The molecule has 0 spiro atoms. The fourth-order valence-electron chi connectivity index (χ4n) is 4.02. The van der Waals surface area contributed by atoms with Crippen molar-refractivity contribution in [1.82, 2.24) is 9.88 Å². The van der Waals surface area contributed by atoms with Crippen molar-refractivity contribution in [2.24, 2.45) is 0 Å². The lowest BCUT2D eigenvalue weighted by Gasteiger charge is -2.29. The molecule has 0 radical (unpaired) electrons. The number of benzene rings is 2. The molecule has 2 heterocycles. The Labute approximate surface area is 210 Å². The number of carbonyl (C=O) groups is 3. The van der Waals surface area contributed by atoms with E-state index in [0.717, 1.165) is 16.8 Å². The highest BCUT2D eigenvalue weighted by molar-refractivity contribution is 6.10. The van der Waals surface area contributed by atoms with Gasteiger partial charge in [0.05, 0.1) is 11.3 Å². The molecule has 4 rings (SSSR count). The number of nitrogens with one attached hydrogen (secondary N) is 2. The van der Waals surface area contributed by atoms with Crippen molar-refractivity contribution >= 4 is 29.3 Å². The Hall–Kier alpha value is -4.20. The molecule has 0 saturated carbocycles. The van der Waals surface area contributed by atoms with Gasteiger partial charge in [-0.05, 0) is 75.2 Å². The van der Waals surface area contributed by atoms with Crippen molar-refractivity contribution < 1.29 is 19.1 Å². The number of rotatable bonds is 5. The molecule has 8 heteroatoms. The predicted octanol–water partition coefficient (Wildman–Crippen LogP) is 4.94. The number of aromatic nitrogens is 1. The molecule has 36 heavy (non-hydrogen) atoms. The third-order valence-electron chi connectivity index (χ3n) is 5.68. The topological polar surface area (TPSA) is 101 Å². The molecule has 3 aromatic rings. The van der Waals surface area contributed by atoms with Crippen molar-refractivity contribution in [2.75, 3.05) is 10.6 Å². The van der Waals surface area contributed by atoms with Gasteiger partial charge in [0.2, 0.25) is 5.91 Å². The first-order valence-corrected chi connectivity index (χ1v) is 11.8. The number of hydrogen-bond donors (Lipinski definition) is 2. The molecule has 2 N–H and O–H groups in total. The van der Waals surface area contributed by atoms with Gasteiger partial charge < -0.3 is 15.0 Å². The zero-order valence-corrected chi connectivity index (χ0v) is 20.9. The molecule has 0 fully saturated rings. The van der Waals surface area contributed by atoms with Crippen LogP contribution in [0.2, 0.25) is 0 Å². The number of amides is 3. The smallest absolute Gasteiger partial charge is 0.412 e. The van der Waals surface area contributed by atoms with Gasteiger partial charge in [0.1, 0.15) is 11.6 Å². The van der Waals surface area contributed by atoms with Crippen LogP contribution in [-0.4, -0.2) is 39.4 Å². The summed E-state index contributed by atoms with van der Waals surface area (Å²) in [6.45, 7) is 7.52. The summed E-state index contributed by atoms with van der Waals surface area (Å²) in [5.74, 6) is -0.498. The average molecular weight is 487 g/mol. The monoisotopic (exact) mass is 486 g/mol. The number of pyridine rings is 1. The molecule has 1 aromatic heterocycles. The fraction of sp³-hybridized carbons (Fsp3) is 0.286. The first-order chi connectivity index (χ1) is 17.1. The van der Waals surface area contributed by atoms with Gasteiger partial charge in [0, 0.05) is 30.5 Å². The number of fused-ring (bicyclic) bond motifs is 1. The molecule has 0 bridgehead atoms. The maximum atomic E-state index is 13.7. The molecule has 0 aliphatic carbocycles. The average Bonchev–Trinajstić information content (AvgIpc) is 2.89. The van der Waals surface area contributed by atoms with Gasteiger partial charge in [-0.15, -0.1) is 0 Å². The number of nitrogens with zero attached hydrogens (tertiary/aromatic N) is 2. The Morgan fingerprint density at radius 3 is 2.50 bits per heavy atom. The zero-order chi connectivity index (χ0) is 25.9. The summed E-state index contributed by atoms with van der Waals surface area (Å²) in [6.07, 6.45) is 1.41. The first kappa shape index (κ1) is 24.9. The van der Waals surface area contributed by atoms with Gasteiger partial charge in [-0.25, -0.2) is 4.79 Å². The van der Waals surface area contributed by atoms with E-state index in [0.29, 0.717) is 16.9 Å². The summed E-state index contributed by atoms with van der Waals surface area (Å²) in [4.78, 5) is 45.0. The standard InChI is InChI=1S/C28H30N4O4/c1-18-8-13-22-23(15-18)31-25(33)24(16-21-7-5-6-14-29-21)32(26(22)34)17-19-9-11-20(12-10-19)30-27(35)36-28(2,3)4/h5-15,24H,16-17H2,1-4H3,(H,30,35)(H,31,33)/t24-/m1/s1. The van der Waals surface area contributed by atoms with Crippen LogP contribution in [0.5, 0.6) is 0 Å². The van der Waals surface area contributed by atoms with Crippen LogP contribution in [0.25, 0.3) is 0 Å². The van der Waals surface area contributed by atoms with Gasteiger partial charge >= 0.3 is 6.09 Å². The van der Waals surface area contributed by atoms with Crippen LogP contribution in [0.15, 0.2) is 66.9 Å². The van der Waals surface area contributed by atoms with Gasteiger partial charge in [-0.3, -0.25) is 19.9 Å². The molecular formula is C28H30N4O4. The minimum absolute atomic E-state index is 0.212. The van der Waals surface area contributed by atoms with E-state index in [1.54, 1.807) is 50.1 Å². The van der Waals surface area contributed by atoms with Crippen molar-refractivity contribution in [3.8, 4) is 0 Å². The maximum Gasteiger partial charge on any atom is 0.412 e. The summed E-state index contributed by atoms with van der Waals surface area (Å²) >= 11 is 0. The van der Waals surface area contributed by atoms with Crippen LogP contribution >= 0.6 is 0 Å². The molecular weight excluding hydrogens is 456 g/mol. The highest BCUT2D eigenvalue weighted by Crippen LogP contribution is 2.27. The number of hydrogen-bond acceptors (Lipinski definition) is 5. The van der Waals surface area contributed by atoms with Crippen molar-refractivity contribution in [3.05, 3.63) is 89.2 Å². The zero-order valence-electron chi connectivity index (χ0n) is 20.9. The minimum atomic E-state index is -0.750. The number of anilines is 2. The second-order valence-corrected chi connectivity index (χ2v) is 9.84. The Kier molecular flexibility index (Phi) is 7.05. The Morgan fingerprint density at radius 1 is 1.08 bits per heavy atom. The van der Waals surface area contributed by atoms with Crippen LogP contribution in [0, 0.1) is 6.92 Å². The molecule has 1 atom stereocenters. The number of aryl methyl sites for hydroxylation is 1. The van der Waals surface area contributed by atoms with Gasteiger partial charge in [0.15, 0.2) is 0 Å². The van der Waals surface area contributed by atoms with Crippen LogP contribution in [0.4, 0.5) is 16.2 Å². The maximum absolute atomic E-state index is 13.7. The lowest BCUT2D eigenvalue weighted by atomic mass is 10.1. The summed E-state index contributed by atoms with van der Waals surface area (Å²) in [5, 5.41) is 5.64. The summed E-state index contributed by atoms with van der Waals surface area (Å²) < 4.78 is 5.29. The largest absolute Gasteiger partial charge is 0.444 e. The highest BCUT2D eigenvalue weighted by atomic mass is 16.6. The quantitative estimate of drug-likeness (QED) is 0.532. The Bertz CT molecular complexity index is 1270. The van der Waals surface area contributed by atoms with E-state index in [1.807, 2.05) is 49.4 Å². The van der Waals surface area contributed by atoms with Gasteiger partial charge in [-0.2, -0.15) is 0 Å². The Balaban J connectivity index is 1.60. The molecule has 2 aromatic carbocycles. The minimum Gasteiger partial charge on any atom is -0.444 e. The second-order valence-electron chi connectivity index (χ2n) is 9.84. The molecule has 186 valence electrons. The van der Waals surface area contributed by atoms with E-state index in [-0.39, 0.29) is 24.8 Å². The molecule has 1 aliphatic rings. The normalized spacial score (nSPS) is 15.6. The van der Waals surface area contributed by atoms with E-state index in [4.69, 9.17) is 4.74 Å². The van der Waals surface area contributed by atoms with E-state index >= 15 is 0 Å². The van der Waals surface area contributed by atoms with E-state index in [2.05, 4.69) is 15.6 Å². The van der Waals surface area contributed by atoms with E-state index in [9.17, 15) is 14.4 Å². The van der Waals surface area contributed by atoms with Crippen LogP contribution in [0.3, 0.4) is 0 Å². The number of ether oxygens (including phenoxy) is 1. The lowest BCUT2D eigenvalue weighted by molar-refractivity contribution is -0.120. The molecule has 3 amide bonds. The van der Waals surface area contributed by atoms with E-state index < -0.39 is 17.7 Å². The van der Waals surface area contributed by atoms with Crippen LogP contribution < -0.4 is 10.6 Å². The van der Waals surface area contributed by atoms with Gasteiger partial charge in [-0.1, -0.05) is 24.3 Å². The van der Waals surface area contributed by atoms with Crippen molar-refractivity contribution in [1.29, 1.82) is 0 Å². The first-order valence-electron chi connectivity index (χ1n) is 11.8. The SMILES string of the molecule is Cc1ccc2c(c1)NC(=O)[C@@H](Cc1ccccn1)N(Cc1ccc(NC(=O)OC(C)(C)C)cc1)C2=O. The molecule has 0 unspecified atom stereocenters. The summed E-state index contributed by atoms with van der Waals surface area (Å²) in [6, 6.07) is 17.3. The molecule has 1 aliphatic heterocycles. The van der Waals surface area contributed by atoms with E-state index in [1.165, 1.54) is 0 Å². The Morgan fingerprint density at radius 2 is 1.83 bits per heavy atom. The third kappa shape index (κ3) is 6.07. The van der Waals surface area contributed by atoms with Crippen molar-refractivity contribution in [2.45, 2.75) is 52.3 Å². The molecule has 0 saturated heterocycles. The highest BCUT2D eigenvalue weighted by Gasteiger charge is 2.35. The molecule has 8 nitrogen and oxygen atoms in total. The summed E-state index contributed by atoms with van der Waals surface area (Å²) in [5.41, 5.74) is 3.40. The lowest BCUT2D eigenvalue weighted by Crippen LogP contribution is -2.46. The summed E-state index contributed by atoms with van der Waals surface area (Å²) in [7, 11) is 0.